The molecular formula is C30H26N4O5S. The molecule has 1 saturated heterocycles. The summed E-state index contributed by atoms with van der Waals surface area (Å²) in [5.41, 5.74) is 2.73. The van der Waals surface area contributed by atoms with Crippen molar-refractivity contribution in [3.63, 3.8) is 0 Å². The number of aliphatic hydroxyl groups is 1. The average Bonchev–Trinajstić information content (AvgIpc) is 3.61. The number of Topliss-reactive ketones (excluding diaryl/α,β-unsaturated/α-hetero) is 1. The first-order valence-electron chi connectivity index (χ1n) is 12.8. The highest BCUT2D eigenvalue weighted by Gasteiger charge is 2.48. The summed E-state index contributed by atoms with van der Waals surface area (Å²) in [7, 11) is 1.58. The minimum atomic E-state index is -0.943. The van der Waals surface area contributed by atoms with Crippen molar-refractivity contribution in [1.29, 1.82) is 0 Å². The number of amides is 1. The first-order chi connectivity index (χ1) is 19.4. The number of imidazole rings is 1. The molecule has 40 heavy (non-hydrogen) atoms. The molecule has 1 aliphatic heterocycles. The zero-order valence-corrected chi connectivity index (χ0v) is 22.9. The van der Waals surface area contributed by atoms with E-state index in [1.54, 1.807) is 42.8 Å². The normalized spacial score (nSPS) is 16.8. The Balaban J connectivity index is 1.58. The van der Waals surface area contributed by atoms with Crippen molar-refractivity contribution in [2.24, 2.45) is 0 Å². The van der Waals surface area contributed by atoms with Crippen molar-refractivity contribution in [3.05, 3.63) is 89.4 Å². The SMILES string of the molecule is CCCOc1cccc(C2/C(=C(\O)c3c(C)nc4ccccn34)C(=O)C(=O)N2c2nc3ccc(OC)cc3s2)c1. The molecule has 2 aromatic carbocycles. The third kappa shape index (κ3) is 4.17. The molecule has 4 heterocycles. The number of aryl methyl sites for hydroxylation is 1. The molecule has 5 aromatic rings. The van der Waals surface area contributed by atoms with Crippen LogP contribution in [0.25, 0.3) is 21.6 Å². The van der Waals surface area contributed by atoms with Crippen LogP contribution in [0.3, 0.4) is 0 Å². The summed E-state index contributed by atoms with van der Waals surface area (Å²) >= 11 is 1.27. The van der Waals surface area contributed by atoms with Crippen LogP contribution >= 0.6 is 11.3 Å². The van der Waals surface area contributed by atoms with E-state index < -0.39 is 17.7 Å². The average molecular weight is 555 g/mol. The number of rotatable bonds is 7. The highest BCUT2D eigenvalue weighted by Crippen LogP contribution is 2.45. The van der Waals surface area contributed by atoms with Crippen molar-refractivity contribution in [2.45, 2.75) is 26.3 Å². The quantitative estimate of drug-likeness (QED) is 0.157. The second-order valence-corrected chi connectivity index (χ2v) is 10.4. The van der Waals surface area contributed by atoms with Gasteiger partial charge in [0.1, 0.15) is 22.8 Å². The molecule has 0 radical (unpaired) electrons. The van der Waals surface area contributed by atoms with Gasteiger partial charge in [-0.05, 0) is 61.4 Å². The van der Waals surface area contributed by atoms with Crippen LogP contribution in [0.4, 0.5) is 5.13 Å². The number of carbonyl (C=O) groups excluding carboxylic acids is 2. The first kappa shape index (κ1) is 25.6. The van der Waals surface area contributed by atoms with Crippen LogP contribution < -0.4 is 14.4 Å². The fourth-order valence-electron chi connectivity index (χ4n) is 4.99. The summed E-state index contributed by atoms with van der Waals surface area (Å²) in [6.07, 6.45) is 2.58. The number of carbonyl (C=O) groups is 2. The number of aromatic nitrogens is 3. The van der Waals surface area contributed by atoms with Gasteiger partial charge in [-0.3, -0.25) is 18.9 Å². The number of hydrogen-bond donors (Lipinski definition) is 1. The van der Waals surface area contributed by atoms with Crippen LogP contribution in [0.1, 0.15) is 36.3 Å². The maximum atomic E-state index is 13.7. The number of thiazole rings is 1. The minimum absolute atomic E-state index is 0.0387. The maximum absolute atomic E-state index is 13.7. The molecule has 1 fully saturated rings. The Labute approximate surface area is 233 Å². The molecule has 0 spiro atoms. The molecule has 1 atom stereocenters. The molecule has 9 nitrogen and oxygen atoms in total. The van der Waals surface area contributed by atoms with Gasteiger partial charge in [-0.15, -0.1) is 0 Å². The number of aliphatic hydroxyl groups excluding tert-OH is 1. The highest BCUT2D eigenvalue weighted by atomic mass is 32.1. The van der Waals surface area contributed by atoms with Gasteiger partial charge >= 0.3 is 5.91 Å². The summed E-state index contributed by atoms with van der Waals surface area (Å²) in [6, 6.07) is 17.2. The van der Waals surface area contributed by atoms with Gasteiger partial charge in [0.2, 0.25) is 0 Å². The zero-order valence-electron chi connectivity index (χ0n) is 22.1. The van der Waals surface area contributed by atoms with Crippen molar-refractivity contribution in [2.75, 3.05) is 18.6 Å². The van der Waals surface area contributed by atoms with Crippen LogP contribution in [-0.2, 0) is 9.59 Å². The lowest BCUT2D eigenvalue weighted by atomic mass is 9.96. The van der Waals surface area contributed by atoms with Gasteiger partial charge in [-0.25, -0.2) is 9.97 Å². The van der Waals surface area contributed by atoms with Gasteiger partial charge in [0.25, 0.3) is 5.78 Å². The largest absolute Gasteiger partial charge is 0.505 e. The van der Waals surface area contributed by atoms with Gasteiger partial charge in [0.05, 0.1) is 41.2 Å². The Morgan fingerprint density at radius 3 is 2.70 bits per heavy atom. The van der Waals surface area contributed by atoms with E-state index in [0.717, 1.165) is 11.1 Å². The van der Waals surface area contributed by atoms with Crippen LogP contribution in [0.2, 0.25) is 0 Å². The molecule has 1 aliphatic rings. The van der Waals surface area contributed by atoms with Gasteiger partial charge < -0.3 is 14.6 Å². The van der Waals surface area contributed by atoms with E-state index >= 15 is 0 Å². The Hall–Kier alpha value is -4.70. The summed E-state index contributed by atoms with van der Waals surface area (Å²) in [6.45, 7) is 4.29. The zero-order chi connectivity index (χ0) is 28.0. The van der Waals surface area contributed by atoms with Gasteiger partial charge in [-0.1, -0.05) is 36.5 Å². The molecule has 0 saturated carbocycles. The predicted molar refractivity (Wildman–Crippen MR) is 153 cm³/mol. The molecule has 202 valence electrons. The van der Waals surface area contributed by atoms with Crippen molar-refractivity contribution in [3.8, 4) is 11.5 Å². The Morgan fingerprint density at radius 2 is 1.90 bits per heavy atom. The Kier molecular flexibility index (Phi) is 6.47. The van der Waals surface area contributed by atoms with Crippen LogP contribution in [0, 0.1) is 6.92 Å². The third-order valence-corrected chi connectivity index (χ3v) is 7.83. The molecule has 10 heteroatoms. The van der Waals surface area contributed by atoms with Gasteiger partial charge in [0, 0.05) is 6.20 Å². The number of ether oxygens (including phenoxy) is 2. The Morgan fingerprint density at radius 1 is 1.05 bits per heavy atom. The van der Waals surface area contributed by atoms with Crippen molar-refractivity contribution >= 4 is 49.8 Å². The van der Waals surface area contributed by atoms with E-state index in [1.165, 1.54) is 16.2 Å². The highest BCUT2D eigenvalue weighted by molar-refractivity contribution is 7.22. The van der Waals surface area contributed by atoms with Crippen molar-refractivity contribution < 1.29 is 24.2 Å². The summed E-state index contributed by atoms with van der Waals surface area (Å²) in [5.74, 6) is -0.617. The summed E-state index contributed by atoms with van der Waals surface area (Å²) < 4.78 is 13.7. The van der Waals surface area contributed by atoms with Crippen LogP contribution in [0.5, 0.6) is 11.5 Å². The lowest BCUT2D eigenvalue weighted by Gasteiger charge is -2.23. The van der Waals surface area contributed by atoms with E-state index in [1.807, 2.05) is 49.4 Å². The van der Waals surface area contributed by atoms with Crippen LogP contribution in [-0.4, -0.2) is 44.9 Å². The molecule has 6 rings (SSSR count). The number of benzene rings is 2. The molecule has 1 unspecified atom stereocenters. The molecule has 1 N–H and O–H groups in total. The van der Waals surface area contributed by atoms with E-state index in [0.29, 0.717) is 51.4 Å². The fourth-order valence-corrected chi connectivity index (χ4v) is 6.01. The number of hydrogen-bond acceptors (Lipinski definition) is 8. The topological polar surface area (TPSA) is 106 Å². The second-order valence-electron chi connectivity index (χ2n) is 9.39. The second kappa shape index (κ2) is 10.1. The van der Waals surface area contributed by atoms with E-state index in [9.17, 15) is 14.7 Å². The monoisotopic (exact) mass is 554 g/mol. The lowest BCUT2D eigenvalue weighted by Crippen LogP contribution is -2.29. The smallest absolute Gasteiger partial charge is 0.301 e. The third-order valence-electron chi connectivity index (χ3n) is 6.81. The fraction of sp³-hybridized carbons (Fsp3) is 0.200. The van der Waals surface area contributed by atoms with E-state index in [2.05, 4.69) is 9.97 Å². The van der Waals surface area contributed by atoms with E-state index in [4.69, 9.17) is 9.47 Å². The molecule has 3 aromatic heterocycles. The molecule has 0 bridgehead atoms. The number of ketones is 1. The van der Waals surface area contributed by atoms with Crippen molar-refractivity contribution in [1.82, 2.24) is 14.4 Å². The molecule has 1 amide bonds. The van der Waals surface area contributed by atoms with Crippen LogP contribution in [0.15, 0.2) is 72.4 Å². The summed E-state index contributed by atoms with van der Waals surface area (Å²) in [4.78, 5) is 38.0. The molecular weight excluding hydrogens is 528 g/mol. The number of fused-ring (bicyclic) bond motifs is 2. The summed E-state index contributed by atoms with van der Waals surface area (Å²) in [5, 5.41) is 12.1. The lowest BCUT2D eigenvalue weighted by molar-refractivity contribution is -0.132. The number of nitrogens with zero attached hydrogens (tertiary/aromatic N) is 4. The van der Waals surface area contributed by atoms with Gasteiger partial charge in [-0.2, -0.15) is 0 Å². The molecule has 0 aliphatic carbocycles. The Bertz CT molecular complexity index is 1820. The van der Waals surface area contributed by atoms with E-state index in [-0.39, 0.29) is 11.3 Å². The number of anilines is 1. The standard InChI is InChI=1S/C30H26N4O5S/c1-4-14-39-20-9-7-8-18(15-20)26-24(27(35)25-17(2)31-23-10-5-6-13-33(23)25)28(36)29(37)34(26)30-32-21-12-11-19(38-3)16-22(21)40-30/h5-13,15-16,26,35H,4,14H2,1-3H3/b27-24+. The maximum Gasteiger partial charge on any atom is 0.301 e. The minimum Gasteiger partial charge on any atom is -0.505 e. The van der Waals surface area contributed by atoms with Gasteiger partial charge in [0.15, 0.2) is 10.9 Å². The predicted octanol–water partition coefficient (Wildman–Crippen LogP) is 5.68. The first-order valence-corrected chi connectivity index (χ1v) is 13.6. The number of pyridine rings is 1. The number of methoxy groups -OCH3 is 1.